The second kappa shape index (κ2) is 12.2. The minimum Gasteiger partial charge on any atom is -0.497 e. The van der Waals surface area contributed by atoms with Gasteiger partial charge in [0.15, 0.2) is 8.80 Å². The van der Waals surface area contributed by atoms with Crippen molar-refractivity contribution in [3.63, 3.8) is 0 Å². The molecule has 0 spiro atoms. The lowest BCUT2D eigenvalue weighted by Crippen LogP contribution is -2.56. The molecule has 0 aliphatic carbocycles. The van der Waals surface area contributed by atoms with Gasteiger partial charge in [-0.15, -0.1) is 0 Å². The van der Waals surface area contributed by atoms with Gasteiger partial charge < -0.3 is 9.47 Å². The first-order chi connectivity index (χ1) is 22.7. The van der Waals surface area contributed by atoms with Crippen LogP contribution >= 0.6 is 7.92 Å². The van der Waals surface area contributed by atoms with Crippen molar-refractivity contribution < 1.29 is 9.47 Å². The molecule has 7 aromatic carbocycles. The van der Waals surface area contributed by atoms with Crippen molar-refractivity contribution in [2.24, 2.45) is 0 Å². The molecule has 0 saturated carbocycles. The maximum atomic E-state index is 6.04. The predicted molar refractivity (Wildman–Crippen MR) is 198 cm³/mol. The van der Waals surface area contributed by atoms with E-state index in [9.17, 15) is 0 Å². The zero-order valence-electron chi connectivity index (χ0n) is 26.0. The first-order valence-corrected chi connectivity index (χ1v) is 19.0. The van der Waals surface area contributed by atoms with E-state index in [-0.39, 0.29) is 0 Å². The van der Waals surface area contributed by atoms with Crippen LogP contribution in [0.2, 0.25) is 0 Å². The van der Waals surface area contributed by atoms with E-state index in [0.29, 0.717) is 0 Å². The Bertz CT molecular complexity index is 2100. The van der Waals surface area contributed by atoms with E-state index in [4.69, 9.17) is 9.47 Å². The maximum Gasteiger partial charge on any atom is 0.165 e. The van der Waals surface area contributed by atoms with E-state index in [1.54, 1.807) is 14.2 Å². The Morgan fingerprint density at radius 3 is 1.61 bits per heavy atom. The minimum atomic E-state index is -1.51. The van der Waals surface area contributed by atoms with Gasteiger partial charge >= 0.3 is 0 Å². The standard InChI is InChI=1S/C42H34O2PSi/c1-43-36-19-12-20-37(44-2)42(36)46(33-15-4-3-5-16-33)39-22-11-10-21-38(39)45-27-31-25-23-29-13-6-8-17-34(29)40(31)41-32(28-45)26-24-30-14-7-9-18-35(30)41/h3-26H,27-28H2,1-2H3. The first kappa shape index (κ1) is 28.8. The minimum absolute atomic E-state index is 0.595. The van der Waals surface area contributed by atoms with Crippen LogP contribution in [0.1, 0.15) is 11.1 Å². The Morgan fingerprint density at radius 1 is 0.500 bits per heavy atom. The van der Waals surface area contributed by atoms with Gasteiger partial charge in [-0.25, -0.2) is 0 Å². The van der Waals surface area contributed by atoms with Crippen molar-refractivity contribution in [3.8, 4) is 22.6 Å². The normalized spacial score (nSPS) is 12.9. The van der Waals surface area contributed by atoms with Crippen molar-refractivity contribution in [2.75, 3.05) is 14.2 Å². The van der Waals surface area contributed by atoms with Gasteiger partial charge in [-0.1, -0.05) is 147 Å². The highest BCUT2D eigenvalue weighted by Gasteiger charge is 2.32. The molecule has 0 aromatic heterocycles. The molecule has 0 fully saturated rings. The van der Waals surface area contributed by atoms with Gasteiger partial charge in [-0.05, 0) is 78.7 Å². The molecule has 1 heterocycles. The topological polar surface area (TPSA) is 18.5 Å². The molecule has 1 aliphatic heterocycles. The zero-order chi connectivity index (χ0) is 31.0. The van der Waals surface area contributed by atoms with Crippen molar-refractivity contribution in [3.05, 3.63) is 157 Å². The second-order valence-electron chi connectivity index (χ2n) is 11.8. The lowest BCUT2D eigenvalue weighted by atomic mass is 9.88. The van der Waals surface area contributed by atoms with Gasteiger partial charge in [-0.3, -0.25) is 0 Å². The molecule has 0 bridgehead atoms. The van der Waals surface area contributed by atoms with Crippen LogP contribution in [-0.4, -0.2) is 23.0 Å². The van der Waals surface area contributed by atoms with Crippen molar-refractivity contribution in [1.82, 2.24) is 0 Å². The van der Waals surface area contributed by atoms with E-state index in [1.807, 2.05) is 6.07 Å². The lowest BCUT2D eigenvalue weighted by molar-refractivity contribution is 0.400. The average Bonchev–Trinajstić information content (AvgIpc) is 3.30. The third-order valence-corrected chi connectivity index (χ3v) is 14.9. The highest BCUT2D eigenvalue weighted by atomic mass is 31.1. The third-order valence-electron chi connectivity index (χ3n) is 9.26. The summed E-state index contributed by atoms with van der Waals surface area (Å²) in [5.74, 6) is 1.77. The van der Waals surface area contributed by atoms with Crippen LogP contribution in [-0.2, 0) is 12.3 Å². The van der Waals surface area contributed by atoms with Crippen molar-refractivity contribution in [1.29, 1.82) is 0 Å². The summed E-state index contributed by atoms with van der Waals surface area (Å²) in [6.45, 7) is 0. The maximum absolute atomic E-state index is 6.04. The lowest BCUT2D eigenvalue weighted by Gasteiger charge is -2.27. The molecule has 0 N–H and O–H groups in total. The molecule has 7 aromatic rings. The average molecular weight is 630 g/mol. The Kier molecular flexibility index (Phi) is 7.66. The van der Waals surface area contributed by atoms with Gasteiger partial charge in [0.2, 0.25) is 0 Å². The molecule has 4 heteroatoms. The summed E-state index contributed by atoms with van der Waals surface area (Å²) in [6, 6.07) is 53.6. The summed E-state index contributed by atoms with van der Waals surface area (Å²) < 4.78 is 12.1. The number of ether oxygens (including phenoxy) is 2. The van der Waals surface area contributed by atoms with Crippen LogP contribution < -0.4 is 30.3 Å². The van der Waals surface area contributed by atoms with E-state index in [0.717, 1.165) is 23.8 Å². The number of hydrogen-bond acceptors (Lipinski definition) is 2. The Hall–Kier alpha value is -4.69. The van der Waals surface area contributed by atoms with Gasteiger partial charge in [0.1, 0.15) is 11.5 Å². The highest BCUT2D eigenvalue weighted by molar-refractivity contribution is 7.64. The van der Waals surface area contributed by atoms with Crippen LogP contribution in [0.4, 0.5) is 0 Å². The van der Waals surface area contributed by atoms with E-state index in [1.165, 1.54) is 64.7 Å². The van der Waals surface area contributed by atoms with Crippen molar-refractivity contribution >= 4 is 59.1 Å². The number of fused-ring (bicyclic) bond motifs is 7. The molecule has 0 unspecified atom stereocenters. The van der Waals surface area contributed by atoms with Gasteiger partial charge in [0.25, 0.3) is 0 Å². The second-order valence-corrected chi connectivity index (χ2v) is 16.4. The van der Waals surface area contributed by atoms with E-state index < -0.39 is 16.7 Å². The summed E-state index contributed by atoms with van der Waals surface area (Å²) in [5.41, 5.74) is 5.70. The van der Waals surface area contributed by atoms with Crippen LogP contribution in [0.25, 0.3) is 32.7 Å². The number of hydrogen-bond donors (Lipinski definition) is 0. The van der Waals surface area contributed by atoms with Gasteiger partial charge in [0.05, 0.1) is 14.2 Å². The third kappa shape index (κ3) is 4.92. The summed E-state index contributed by atoms with van der Waals surface area (Å²) in [6.07, 6.45) is 2.06. The number of rotatable bonds is 6. The van der Waals surface area contributed by atoms with Crippen LogP contribution in [0, 0.1) is 0 Å². The molecular formula is C42H34O2PSi. The molecule has 223 valence electrons. The molecule has 0 atom stereocenters. The van der Waals surface area contributed by atoms with E-state index >= 15 is 0 Å². The number of benzene rings is 7. The van der Waals surface area contributed by atoms with Crippen LogP contribution in [0.5, 0.6) is 11.5 Å². The number of methoxy groups -OCH3 is 2. The molecular weight excluding hydrogens is 596 g/mol. The summed E-state index contributed by atoms with van der Waals surface area (Å²) in [7, 11) is 1.44. The summed E-state index contributed by atoms with van der Waals surface area (Å²) >= 11 is 0. The van der Waals surface area contributed by atoms with Gasteiger partial charge in [-0.2, -0.15) is 0 Å². The Labute approximate surface area is 273 Å². The van der Waals surface area contributed by atoms with Crippen LogP contribution in [0.3, 0.4) is 0 Å². The molecule has 1 aliphatic rings. The SMILES string of the molecule is COc1cccc(OC)c1[Si](c1ccccc1)c1ccccc1P1Cc2ccc3ccccc3c2-c2c(ccc3ccccc23)C1. The predicted octanol–water partition coefficient (Wildman–Crippen LogP) is 8.01. The smallest absolute Gasteiger partial charge is 0.165 e. The molecule has 46 heavy (non-hydrogen) atoms. The molecule has 0 saturated heterocycles. The quantitative estimate of drug-likeness (QED) is 0.105. The summed E-state index contributed by atoms with van der Waals surface area (Å²) in [4.78, 5) is 0. The molecule has 1 radical (unpaired) electrons. The van der Waals surface area contributed by atoms with Crippen molar-refractivity contribution in [2.45, 2.75) is 12.3 Å². The fourth-order valence-corrected chi connectivity index (χ4v) is 13.4. The highest BCUT2D eigenvalue weighted by Crippen LogP contribution is 2.52. The fraction of sp³-hybridized carbons (Fsp3) is 0.0952. The van der Waals surface area contributed by atoms with E-state index in [2.05, 4.69) is 140 Å². The Balaban J connectivity index is 1.38. The molecule has 2 nitrogen and oxygen atoms in total. The largest absolute Gasteiger partial charge is 0.497 e. The van der Waals surface area contributed by atoms with Crippen LogP contribution in [0.15, 0.2) is 146 Å². The molecule has 0 amide bonds. The Morgan fingerprint density at radius 2 is 1.02 bits per heavy atom. The molecule has 8 rings (SSSR count). The summed E-state index contributed by atoms with van der Waals surface area (Å²) in [5, 5.41) is 10.7. The fourth-order valence-electron chi connectivity index (χ4n) is 7.22. The first-order valence-electron chi connectivity index (χ1n) is 15.7. The van der Waals surface area contributed by atoms with Gasteiger partial charge in [0, 0.05) is 5.19 Å². The zero-order valence-corrected chi connectivity index (χ0v) is 27.9. The monoisotopic (exact) mass is 629 g/mol.